The number of nitrogens with zero attached hydrogens (tertiary/aromatic N) is 1. The first kappa shape index (κ1) is 11.5. The normalized spacial score (nSPS) is 12.1. The van der Waals surface area contributed by atoms with Gasteiger partial charge in [-0.05, 0) is 49.2 Å². The van der Waals surface area contributed by atoms with Gasteiger partial charge in [0.1, 0.15) is 5.82 Å². The fraction of sp³-hybridized carbons (Fsp3) is 0.214. The number of rotatable bonds is 3. The van der Waals surface area contributed by atoms with Crippen molar-refractivity contribution in [2.45, 2.75) is 19.9 Å². The van der Waals surface area contributed by atoms with Crippen LogP contribution in [0, 0.1) is 6.92 Å². The molecular formula is C14H17N3. The predicted octanol–water partition coefficient (Wildman–Crippen LogP) is 3.15. The first-order chi connectivity index (χ1) is 8.15. The van der Waals surface area contributed by atoms with E-state index in [-0.39, 0.29) is 6.04 Å². The third-order valence-electron chi connectivity index (χ3n) is 2.72. The first-order valence-corrected chi connectivity index (χ1v) is 5.70. The number of nitrogens with one attached hydrogen (secondary N) is 1. The summed E-state index contributed by atoms with van der Waals surface area (Å²) >= 11 is 0. The van der Waals surface area contributed by atoms with Gasteiger partial charge in [-0.25, -0.2) is 4.98 Å². The Labute approximate surface area is 102 Å². The lowest BCUT2D eigenvalue weighted by atomic mass is 10.1. The largest absolute Gasteiger partial charge is 0.399 e. The van der Waals surface area contributed by atoms with Crippen molar-refractivity contribution in [1.29, 1.82) is 0 Å². The number of aromatic nitrogens is 1. The Morgan fingerprint density at radius 3 is 2.53 bits per heavy atom. The van der Waals surface area contributed by atoms with Gasteiger partial charge in [0.25, 0.3) is 0 Å². The molecule has 3 heteroatoms. The van der Waals surface area contributed by atoms with Crippen molar-refractivity contribution in [3.63, 3.8) is 0 Å². The quantitative estimate of drug-likeness (QED) is 0.792. The fourth-order valence-electron chi connectivity index (χ4n) is 1.70. The zero-order valence-corrected chi connectivity index (χ0v) is 10.1. The van der Waals surface area contributed by atoms with E-state index in [0.717, 1.165) is 11.5 Å². The molecule has 88 valence electrons. The van der Waals surface area contributed by atoms with Crippen LogP contribution in [0.2, 0.25) is 0 Å². The van der Waals surface area contributed by atoms with E-state index in [0.29, 0.717) is 0 Å². The fourth-order valence-corrected chi connectivity index (χ4v) is 1.70. The summed E-state index contributed by atoms with van der Waals surface area (Å²) in [6.45, 7) is 4.16. The molecule has 17 heavy (non-hydrogen) atoms. The van der Waals surface area contributed by atoms with E-state index in [2.05, 4.69) is 24.1 Å². The van der Waals surface area contributed by atoms with Crippen molar-refractivity contribution < 1.29 is 0 Å². The lowest BCUT2D eigenvalue weighted by Crippen LogP contribution is -2.07. The molecule has 0 radical (unpaired) electrons. The molecule has 1 unspecified atom stereocenters. The maximum atomic E-state index is 5.67. The van der Waals surface area contributed by atoms with E-state index < -0.39 is 0 Å². The van der Waals surface area contributed by atoms with Crippen LogP contribution in [0.5, 0.6) is 0 Å². The number of pyridine rings is 1. The first-order valence-electron chi connectivity index (χ1n) is 5.70. The van der Waals surface area contributed by atoms with Crippen molar-refractivity contribution in [1.82, 2.24) is 4.98 Å². The Kier molecular flexibility index (Phi) is 3.28. The highest BCUT2D eigenvalue weighted by Gasteiger charge is 2.05. The number of hydrogen-bond donors (Lipinski definition) is 2. The molecule has 0 amide bonds. The summed E-state index contributed by atoms with van der Waals surface area (Å²) in [5.41, 5.74) is 8.85. The summed E-state index contributed by atoms with van der Waals surface area (Å²) in [4.78, 5) is 4.29. The molecule has 3 N–H and O–H groups in total. The van der Waals surface area contributed by atoms with Gasteiger partial charge in [-0.2, -0.15) is 0 Å². The minimum absolute atomic E-state index is 0.213. The van der Waals surface area contributed by atoms with Crippen LogP contribution in [-0.4, -0.2) is 4.98 Å². The minimum Gasteiger partial charge on any atom is -0.399 e. The Balaban J connectivity index is 2.11. The van der Waals surface area contributed by atoms with Gasteiger partial charge in [0.05, 0.1) is 0 Å². The van der Waals surface area contributed by atoms with E-state index in [1.54, 1.807) is 0 Å². The molecule has 3 nitrogen and oxygen atoms in total. The molecule has 1 aromatic heterocycles. The molecule has 0 aliphatic carbocycles. The van der Waals surface area contributed by atoms with Crippen LogP contribution < -0.4 is 11.1 Å². The molecule has 0 spiro atoms. The highest BCUT2D eigenvalue weighted by molar-refractivity contribution is 5.43. The van der Waals surface area contributed by atoms with Crippen LogP contribution in [0.3, 0.4) is 0 Å². The Morgan fingerprint density at radius 1 is 1.18 bits per heavy atom. The van der Waals surface area contributed by atoms with E-state index in [9.17, 15) is 0 Å². The van der Waals surface area contributed by atoms with E-state index in [1.807, 2.05) is 42.6 Å². The molecule has 2 rings (SSSR count). The summed E-state index contributed by atoms with van der Waals surface area (Å²) in [5, 5.41) is 3.37. The average molecular weight is 227 g/mol. The minimum atomic E-state index is 0.213. The molecule has 0 bridgehead atoms. The van der Waals surface area contributed by atoms with Crippen molar-refractivity contribution in [2.24, 2.45) is 0 Å². The van der Waals surface area contributed by atoms with Gasteiger partial charge in [-0.15, -0.1) is 0 Å². The zero-order valence-electron chi connectivity index (χ0n) is 10.1. The average Bonchev–Trinajstić information content (AvgIpc) is 2.29. The highest BCUT2D eigenvalue weighted by atomic mass is 15.0. The Bertz CT molecular complexity index is 491. The van der Waals surface area contributed by atoms with Crippen LogP contribution in [0.1, 0.15) is 24.1 Å². The molecule has 1 heterocycles. The summed E-state index contributed by atoms with van der Waals surface area (Å²) in [6.07, 6.45) is 1.81. The molecule has 0 aliphatic heterocycles. The second-order valence-electron chi connectivity index (χ2n) is 4.25. The standard InChI is InChI=1S/C14H17N3/c1-10-7-8-16-14(9-10)17-11(2)12-3-5-13(15)6-4-12/h3-9,11H,15H2,1-2H3,(H,16,17). The SMILES string of the molecule is Cc1ccnc(NC(C)c2ccc(N)cc2)c1. The van der Waals surface area contributed by atoms with E-state index in [4.69, 9.17) is 5.73 Å². The molecule has 0 fully saturated rings. The molecule has 1 aromatic carbocycles. The van der Waals surface area contributed by atoms with E-state index in [1.165, 1.54) is 11.1 Å². The molecule has 0 aliphatic rings. The number of nitrogen functional groups attached to an aromatic ring is 1. The summed E-state index contributed by atoms with van der Waals surface area (Å²) < 4.78 is 0. The number of benzene rings is 1. The van der Waals surface area contributed by atoms with Gasteiger partial charge in [0, 0.05) is 17.9 Å². The van der Waals surface area contributed by atoms with Crippen molar-refractivity contribution in [3.8, 4) is 0 Å². The summed E-state index contributed by atoms with van der Waals surface area (Å²) in [7, 11) is 0. The highest BCUT2D eigenvalue weighted by Crippen LogP contribution is 2.19. The third-order valence-corrected chi connectivity index (χ3v) is 2.72. The van der Waals surface area contributed by atoms with Gasteiger partial charge >= 0.3 is 0 Å². The van der Waals surface area contributed by atoms with Crippen LogP contribution in [-0.2, 0) is 0 Å². The Morgan fingerprint density at radius 2 is 1.88 bits per heavy atom. The van der Waals surface area contributed by atoms with Gasteiger partial charge < -0.3 is 11.1 Å². The topological polar surface area (TPSA) is 50.9 Å². The van der Waals surface area contributed by atoms with Gasteiger partial charge in [-0.1, -0.05) is 12.1 Å². The second kappa shape index (κ2) is 4.87. The molecule has 2 aromatic rings. The summed E-state index contributed by atoms with van der Waals surface area (Å²) in [6, 6.07) is 12.1. The monoisotopic (exact) mass is 227 g/mol. The number of hydrogen-bond acceptors (Lipinski definition) is 3. The van der Waals surface area contributed by atoms with Crippen LogP contribution in [0.25, 0.3) is 0 Å². The number of nitrogens with two attached hydrogens (primary N) is 1. The third kappa shape index (κ3) is 2.97. The van der Waals surface area contributed by atoms with Crippen molar-refractivity contribution in [3.05, 3.63) is 53.7 Å². The molecular weight excluding hydrogens is 210 g/mol. The van der Waals surface area contributed by atoms with Gasteiger partial charge in [0.15, 0.2) is 0 Å². The van der Waals surface area contributed by atoms with Crippen molar-refractivity contribution in [2.75, 3.05) is 11.1 Å². The lowest BCUT2D eigenvalue weighted by molar-refractivity contribution is 0.874. The molecule has 0 saturated heterocycles. The van der Waals surface area contributed by atoms with E-state index >= 15 is 0 Å². The number of aryl methyl sites for hydroxylation is 1. The molecule has 0 saturated carbocycles. The van der Waals surface area contributed by atoms with Crippen LogP contribution >= 0.6 is 0 Å². The Hall–Kier alpha value is -2.03. The van der Waals surface area contributed by atoms with Gasteiger partial charge in [0.2, 0.25) is 0 Å². The van der Waals surface area contributed by atoms with Crippen LogP contribution in [0.15, 0.2) is 42.6 Å². The smallest absolute Gasteiger partial charge is 0.126 e. The zero-order chi connectivity index (χ0) is 12.3. The summed E-state index contributed by atoms with van der Waals surface area (Å²) in [5.74, 6) is 0.898. The number of anilines is 2. The lowest BCUT2D eigenvalue weighted by Gasteiger charge is -2.15. The van der Waals surface area contributed by atoms with Crippen LogP contribution in [0.4, 0.5) is 11.5 Å². The van der Waals surface area contributed by atoms with Crippen molar-refractivity contribution >= 4 is 11.5 Å². The maximum absolute atomic E-state index is 5.67. The molecule has 1 atom stereocenters. The predicted molar refractivity (Wildman–Crippen MR) is 71.9 cm³/mol. The maximum Gasteiger partial charge on any atom is 0.126 e. The second-order valence-corrected chi connectivity index (χ2v) is 4.25. The van der Waals surface area contributed by atoms with Gasteiger partial charge in [-0.3, -0.25) is 0 Å².